The van der Waals surface area contributed by atoms with Gasteiger partial charge in [0.25, 0.3) is 0 Å². The summed E-state index contributed by atoms with van der Waals surface area (Å²) in [5, 5.41) is 0. The molecule has 34 heavy (non-hydrogen) atoms. The van der Waals surface area contributed by atoms with Gasteiger partial charge < -0.3 is 9.47 Å². The molecule has 0 spiro atoms. The molecule has 1 aliphatic heterocycles. The Morgan fingerprint density at radius 1 is 0.912 bits per heavy atom. The molecule has 0 saturated carbocycles. The number of rotatable bonds is 7. The van der Waals surface area contributed by atoms with Gasteiger partial charge in [0.05, 0.1) is 19.0 Å². The van der Waals surface area contributed by atoms with E-state index in [9.17, 15) is 13.2 Å². The number of benzene rings is 3. The highest BCUT2D eigenvalue weighted by molar-refractivity contribution is 5.71. The quantitative estimate of drug-likeness (QED) is 0.325. The number of hydrogen-bond acceptors (Lipinski definition) is 2. The molecule has 2 nitrogen and oxygen atoms in total. The Labute approximate surface area is 199 Å². The fourth-order valence-corrected chi connectivity index (χ4v) is 4.21. The van der Waals surface area contributed by atoms with Crippen LogP contribution in [0.2, 0.25) is 0 Å². The lowest BCUT2D eigenvalue weighted by Crippen LogP contribution is -2.22. The lowest BCUT2D eigenvalue weighted by molar-refractivity contribution is 0.0148. The average molecular weight is 467 g/mol. The summed E-state index contributed by atoms with van der Waals surface area (Å²) in [5.41, 5.74) is 2.87. The molecular weight excluding hydrogens is 437 g/mol. The summed E-state index contributed by atoms with van der Waals surface area (Å²) < 4.78 is 55.0. The Balaban J connectivity index is 1.51. The van der Waals surface area contributed by atoms with E-state index in [2.05, 4.69) is 0 Å². The van der Waals surface area contributed by atoms with Crippen molar-refractivity contribution in [2.75, 3.05) is 6.61 Å². The second kappa shape index (κ2) is 10.9. The van der Waals surface area contributed by atoms with Crippen LogP contribution in [-0.2, 0) is 4.74 Å². The highest BCUT2D eigenvalue weighted by Gasteiger charge is 2.23. The minimum atomic E-state index is -1.03. The van der Waals surface area contributed by atoms with Gasteiger partial charge in [-0.1, -0.05) is 49.7 Å². The SMILES string of the molecule is CCC/C=C\Oc1ccc(-c2ccc(-c3ccc(C4CCC(C)OC4)c(F)c3)cc2)c(F)c1F. The maximum Gasteiger partial charge on any atom is 0.201 e. The predicted octanol–water partition coefficient (Wildman–Crippen LogP) is 8.41. The molecule has 1 saturated heterocycles. The first kappa shape index (κ1) is 24.1. The third-order valence-electron chi connectivity index (χ3n) is 6.27. The molecule has 1 heterocycles. The van der Waals surface area contributed by atoms with Gasteiger partial charge in [-0.05, 0) is 72.7 Å². The van der Waals surface area contributed by atoms with E-state index in [1.54, 1.807) is 30.3 Å². The highest BCUT2D eigenvalue weighted by atomic mass is 19.2. The van der Waals surface area contributed by atoms with Crippen molar-refractivity contribution in [1.82, 2.24) is 0 Å². The van der Waals surface area contributed by atoms with E-state index in [1.807, 2.05) is 26.0 Å². The fourth-order valence-electron chi connectivity index (χ4n) is 4.21. The summed E-state index contributed by atoms with van der Waals surface area (Å²) in [6.07, 6.45) is 6.94. The first-order chi connectivity index (χ1) is 16.5. The molecule has 3 aromatic carbocycles. The summed E-state index contributed by atoms with van der Waals surface area (Å²) in [6.45, 7) is 4.59. The van der Waals surface area contributed by atoms with Crippen molar-refractivity contribution in [2.45, 2.75) is 51.6 Å². The van der Waals surface area contributed by atoms with E-state index < -0.39 is 11.6 Å². The number of ether oxygens (including phenoxy) is 2. The van der Waals surface area contributed by atoms with E-state index >= 15 is 0 Å². The van der Waals surface area contributed by atoms with Crippen LogP contribution in [0.4, 0.5) is 13.2 Å². The van der Waals surface area contributed by atoms with E-state index in [4.69, 9.17) is 9.47 Å². The summed E-state index contributed by atoms with van der Waals surface area (Å²) in [6, 6.07) is 15.1. The summed E-state index contributed by atoms with van der Waals surface area (Å²) in [5.74, 6) is -2.32. The minimum Gasteiger partial charge on any atom is -0.462 e. The molecule has 3 aromatic rings. The monoisotopic (exact) mass is 466 g/mol. The number of halogens is 3. The Morgan fingerprint density at radius 2 is 1.65 bits per heavy atom. The van der Waals surface area contributed by atoms with Crippen molar-refractivity contribution in [3.05, 3.63) is 90.0 Å². The number of allylic oxidation sites excluding steroid dienone is 1. The van der Waals surface area contributed by atoms with E-state index in [0.29, 0.717) is 17.7 Å². The van der Waals surface area contributed by atoms with Gasteiger partial charge in [0.15, 0.2) is 11.6 Å². The first-order valence-electron chi connectivity index (χ1n) is 11.8. The molecule has 2 unspecified atom stereocenters. The van der Waals surface area contributed by atoms with Crippen LogP contribution in [0.1, 0.15) is 51.0 Å². The third kappa shape index (κ3) is 5.36. The molecule has 1 aliphatic rings. The maximum atomic E-state index is 14.9. The number of unbranched alkanes of at least 4 members (excludes halogenated alkanes) is 1. The molecule has 0 N–H and O–H groups in total. The molecule has 0 amide bonds. The van der Waals surface area contributed by atoms with Crippen LogP contribution in [-0.4, -0.2) is 12.7 Å². The molecule has 5 heteroatoms. The molecule has 2 atom stereocenters. The van der Waals surface area contributed by atoms with Gasteiger partial charge in [-0.2, -0.15) is 4.39 Å². The van der Waals surface area contributed by atoms with Gasteiger partial charge in [0.2, 0.25) is 5.82 Å². The lowest BCUT2D eigenvalue weighted by Gasteiger charge is -2.27. The van der Waals surface area contributed by atoms with E-state index in [-0.39, 0.29) is 29.2 Å². The second-order valence-electron chi connectivity index (χ2n) is 8.75. The summed E-state index contributed by atoms with van der Waals surface area (Å²) in [7, 11) is 0. The largest absolute Gasteiger partial charge is 0.462 e. The number of hydrogen-bond donors (Lipinski definition) is 0. The molecule has 4 rings (SSSR count). The van der Waals surface area contributed by atoms with Gasteiger partial charge in [0.1, 0.15) is 5.82 Å². The van der Waals surface area contributed by atoms with Gasteiger partial charge in [0, 0.05) is 11.5 Å². The molecule has 0 aliphatic carbocycles. The zero-order chi connectivity index (χ0) is 24.1. The zero-order valence-corrected chi connectivity index (χ0v) is 19.5. The topological polar surface area (TPSA) is 18.5 Å². The van der Waals surface area contributed by atoms with Crippen LogP contribution < -0.4 is 4.74 Å². The second-order valence-corrected chi connectivity index (χ2v) is 8.75. The van der Waals surface area contributed by atoms with Crippen LogP contribution in [0.5, 0.6) is 5.75 Å². The van der Waals surface area contributed by atoms with Crippen molar-refractivity contribution >= 4 is 0 Å². The first-order valence-corrected chi connectivity index (χ1v) is 11.8. The van der Waals surface area contributed by atoms with Crippen molar-refractivity contribution in [3.8, 4) is 28.0 Å². The van der Waals surface area contributed by atoms with Crippen molar-refractivity contribution in [3.63, 3.8) is 0 Å². The zero-order valence-electron chi connectivity index (χ0n) is 19.5. The summed E-state index contributed by atoms with van der Waals surface area (Å²) in [4.78, 5) is 0. The van der Waals surface area contributed by atoms with Gasteiger partial charge in [-0.25, -0.2) is 8.78 Å². The van der Waals surface area contributed by atoms with Crippen molar-refractivity contribution < 1.29 is 22.6 Å². The normalized spacial score (nSPS) is 18.4. The van der Waals surface area contributed by atoms with E-state index in [0.717, 1.165) is 36.8 Å². The lowest BCUT2D eigenvalue weighted by atomic mass is 9.90. The molecule has 1 fully saturated rings. The van der Waals surface area contributed by atoms with Crippen molar-refractivity contribution in [2.24, 2.45) is 0 Å². The fraction of sp³-hybridized carbons (Fsp3) is 0.310. The van der Waals surface area contributed by atoms with Crippen molar-refractivity contribution in [1.29, 1.82) is 0 Å². The molecule has 0 aromatic heterocycles. The van der Waals surface area contributed by atoms with Gasteiger partial charge in [-0.3, -0.25) is 0 Å². The Bertz CT molecular complexity index is 1150. The smallest absolute Gasteiger partial charge is 0.201 e. The molecular formula is C29H29F3O2. The van der Waals surface area contributed by atoms with Gasteiger partial charge in [-0.15, -0.1) is 0 Å². The Hall–Kier alpha value is -3.05. The minimum absolute atomic E-state index is 0.0691. The molecule has 178 valence electrons. The van der Waals surface area contributed by atoms with Crippen LogP contribution in [0.25, 0.3) is 22.3 Å². The molecule has 0 bridgehead atoms. The standard InChI is InChI=1S/C29H29F3O2/c1-3-4-5-16-33-27-15-14-25(28(31)29(27)32)21-10-8-20(9-11-21)22-12-13-24(26(30)17-22)23-7-6-19(2)34-18-23/h5,8-17,19,23H,3-4,6-7,18H2,1-2H3/b16-5-. The molecule has 0 radical (unpaired) electrons. The average Bonchev–Trinajstić information content (AvgIpc) is 2.85. The van der Waals surface area contributed by atoms with Crippen LogP contribution in [0.15, 0.2) is 66.9 Å². The van der Waals surface area contributed by atoms with E-state index in [1.165, 1.54) is 24.5 Å². The Kier molecular flexibility index (Phi) is 7.73. The van der Waals surface area contributed by atoms with Gasteiger partial charge >= 0.3 is 0 Å². The van der Waals surface area contributed by atoms with Crippen LogP contribution in [0, 0.1) is 17.5 Å². The third-order valence-corrected chi connectivity index (χ3v) is 6.27. The van der Waals surface area contributed by atoms with Crippen LogP contribution >= 0.6 is 0 Å². The predicted molar refractivity (Wildman–Crippen MR) is 129 cm³/mol. The summed E-state index contributed by atoms with van der Waals surface area (Å²) >= 11 is 0. The van der Waals surface area contributed by atoms with Crippen LogP contribution in [0.3, 0.4) is 0 Å². The maximum absolute atomic E-state index is 14.9. The highest BCUT2D eigenvalue weighted by Crippen LogP contribution is 2.34. The Morgan fingerprint density at radius 3 is 2.32 bits per heavy atom.